The van der Waals surface area contributed by atoms with Gasteiger partial charge in [0, 0.05) is 11.8 Å². The summed E-state index contributed by atoms with van der Waals surface area (Å²) in [6, 6.07) is 8.97. The normalized spacial score (nSPS) is 10.2. The van der Waals surface area contributed by atoms with E-state index in [0.29, 0.717) is 17.1 Å². The van der Waals surface area contributed by atoms with Gasteiger partial charge < -0.3 is 9.47 Å². The molecule has 0 saturated heterocycles. The molecule has 0 fully saturated rings. The van der Waals surface area contributed by atoms with Crippen LogP contribution in [0.4, 0.5) is 0 Å². The maximum absolute atomic E-state index is 12.3. The number of carbonyl (C=O) groups excluding carboxylic acids is 1. The first-order valence-corrected chi connectivity index (χ1v) is 6.31. The number of rotatable bonds is 5. The number of hydrogen-bond acceptors (Lipinski definition) is 4. The van der Waals surface area contributed by atoms with E-state index in [-0.39, 0.29) is 12.2 Å². The number of pyridine rings is 1. The van der Waals surface area contributed by atoms with Crippen molar-refractivity contribution in [3.05, 3.63) is 53.3 Å². The molecule has 0 amide bonds. The zero-order valence-corrected chi connectivity index (χ0v) is 11.8. The Morgan fingerprint density at radius 3 is 2.55 bits per heavy atom. The van der Waals surface area contributed by atoms with Gasteiger partial charge in [0.2, 0.25) is 0 Å². The van der Waals surface area contributed by atoms with Gasteiger partial charge in [-0.2, -0.15) is 0 Å². The van der Waals surface area contributed by atoms with Crippen LogP contribution in [0.3, 0.4) is 0 Å². The van der Waals surface area contributed by atoms with Gasteiger partial charge in [0.1, 0.15) is 0 Å². The third-order valence-corrected chi connectivity index (χ3v) is 3.15. The van der Waals surface area contributed by atoms with Crippen molar-refractivity contribution in [1.29, 1.82) is 0 Å². The summed E-state index contributed by atoms with van der Waals surface area (Å²) in [7, 11) is 3.12. The van der Waals surface area contributed by atoms with Crippen molar-refractivity contribution in [2.75, 3.05) is 14.2 Å². The third-order valence-electron chi connectivity index (χ3n) is 3.15. The second kappa shape index (κ2) is 6.19. The van der Waals surface area contributed by atoms with E-state index in [1.54, 1.807) is 38.6 Å². The van der Waals surface area contributed by atoms with Gasteiger partial charge in [-0.05, 0) is 36.8 Å². The molecular weight excluding hydrogens is 254 g/mol. The summed E-state index contributed by atoms with van der Waals surface area (Å²) in [6.07, 6.45) is 1.98. The highest BCUT2D eigenvalue weighted by atomic mass is 16.5. The zero-order valence-electron chi connectivity index (χ0n) is 11.8. The predicted molar refractivity (Wildman–Crippen MR) is 76.6 cm³/mol. The molecular formula is C16H17NO3. The van der Waals surface area contributed by atoms with Crippen LogP contribution in [0.5, 0.6) is 11.5 Å². The first-order valence-electron chi connectivity index (χ1n) is 6.31. The predicted octanol–water partition coefficient (Wildman–Crippen LogP) is 2.83. The van der Waals surface area contributed by atoms with Crippen LogP contribution in [0.25, 0.3) is 0 Å². The van der Waals surface area contributed by atoms with Gasteiger partial charge in [0.05, 0.1) is 26.3 Å². The minimum absolute atomic E-state index is 0.00718. The Morgan fingerprint density at radius 1 is 1.15 bits per heavy atom. The molecule has 2 aromatic rings. The van der Waals surface area contributed by atoms with E-state index in [1.807, 2.05) is 19.1 Å². The highest BCUT2D eigenvalue weighted by Gasteiger charge is 2.13. The second-order valence-electron chi connectivity index (χ2n) is 4.44. The number of benzene rings is 1. The fourth-order valence-electron chi connectivity index (χ4n) is 1.97. The topological polar surface area (TPSA) is 48.4 Å². The highest BCUT2D eigenvalue weighted by molar-refractivity contribution is 5.98. The number of carbonyl (C=O) groups is 1. The van der Waals surface area contributed by atoms with Crippen molar-refractivity contribution in [2.45, 2.75) is 13.3 Å². The Kier molecular flexibility index (Phi) is 4.35. The first-order chi connectivity index (χ1) is 9.65. The second-order valence-corrected chi connectivity index (χ2v) is 4.44. The average Bonchev–Trinajstić information content (AvgIpc) is 2.48. The molecule has 0 N–H and O–H groups in total. The molecule has 0 saturated carbocycles. The van der Waals surface area contributed by atoms with Gasteiger partial charge in [-0.1, -0.05) is 6.07 Å². The van der Waals surface area contributed by atoms with E-state index < -0.39 is 0 Å². The summed E-state index contributed by atoms with van der Waals surface area (Å²) in [4.78, 5) is 16.5. The molecule has 104 valence electrons. The van der Waals surface area contributed by atoms with Gasteiger partial charge in [0.15, 0.2) is 17.3 Å². The lowest BCUT2D eigenvalue weighted by atomic mass is 10.0. The number of aryl methyl sites for hydroxylation is 1. The smallest absolute Gasteiger partial charge is 0.168 e. The molecule has 0 radical (unpaired) electrons. The molecule has 0 aliphatic carbocycles. The van der Waals surface area contributed by atoms with Crippen molar-refractivity contribution in [1.82, 2.24) is 4.98 Å². The third kappa shape index (κ3) is 2.96. The van der Waals surface area contributed by atoms with Crippen molar-refractivity contribution in [2.24, 2.45) is 0 Å². The largest absolute Gasteiger partial charge is 0.493 e. The number of ether oxygens (including phenoxy) is 2. The molecule has 1 heterocycles. The lowest BCUT2D eigenvalue weighted by Gasteiger charge is -2.09. The summed E-state index contributed by atoms with van der Waals surface area (Å²) >= 11 is 0. The van der Waals surface area contributed by atoms with Gasteiger partial charge in [-0.3, -0.25) is 9.78 Å². The average molecular weight is 271 g/mol. The van der Waals surface area contributed by atoms with Crippen LogP contribution in [-0.2, 0) is 6.42 Å². The van der Waals surface area contributed by atoms with Crippen molar-refractivity contribution in [3.8, 4) is 11.5 Å². The Balaban J connectivity index is 2.24. The highest BCUT2D eigenvalue weighted by Crippen LogP contribution is 2.28. The molecule has 0 aliphatic rings. The van der Waals surface area contributed by atoms with Crippen LogP contribution in [0.2, 0.25) is 0 Å². The van der Waals surface area contributed by atoms with Crippen LogP contribution in [-0.4, -0.2) is 25.0 Å². The van der Waals surface area contributed by atoms with Crippen molar-refractivity contribution < 1.29 is 14.3 Å². The summed E-state index contributed by atoms with van der Waals surface area (Å²) in [5.41, 5.74) is 2.40. The minimum Gasteiger partial charge on any atom is -0.493 e. The number of Topliss-reactive ketones (excluding diaryl/α,β-unsaturated/α-hetero) is 1. The van der Waals surface area contributed by atoms with Crippen molar-refractivity contribution >= 4 is 5.78 Å². The Labute approximate surface area is 118 Å². The molecule has 1 aromatic heterocycles. The van der Waals surface area contributed by atoms with Gasteiger partial charge in [-0.25, -0.2) is 0 Å². The Bertz CT molecular complexity index is 623. The molecule has 1 aromatic carbocycles. The summed E-state index contributed by atoms with van der Waals surface area (Å²) in [5, 5.41) is 0. The van der Waals surface area contributed by atoms with Gasteiger partial charge in [-0.15, -0.1) is 0 Å². The van der Waals surface area contributed by atoms with E-state index in [4.69, 9.17) is 9.47 Å². The minimum atomic E-state index is 0.00718. The molecule has 0 spiro atoms. The maximum Gasteiger partial charge on any atom is 0.168 e. The number of ketones is 1. The van der Waals surface area contributed by atoms with E-state index >= 15 is 0 Å². The van der Waals surface area contributed by atoms with Crippen LogP contribution >= 0.6 is 0 Å². The van der Waals surface area contributed by atoms with Crippen LogP contribution < -0.4 is 9.47 Å². The van der Waals surface area contributed by atoms with E-state index in [0.717, 1.165) is 11.3 Å². The van der Waals surface area contributed by atoms with Crippen LogP contribution in [0.1, 0.15) is 21.6 Å². The summed E-state index contributed by atoms with van der Waals surface area (Å²) in [6.45, 7) is 1.95. The summed E-state index contributed by atoms with van der Waals surface area (Å²) in [5.74, 6) is 1.17. The first kappa shape index (κ1) is 14.1. The quantitative estimate of drug-likeness (QED) is 0.785. The van der Waals surface area contributed by atoms with Crippen LogP contribution in [0.15, 0.2) is 36.5 Å². The van der Waals surface area contributed by atoms with E-state index in [1.165, 1.54) is 0 Å². The maximum atomic E-state index is 12.3. The van der Waals surface area contributed by atoms with Gasteiger partial charge >= 0.3 is 0 Å². The lowest BCUT2D eigenvalue weighted by molar-refractivity contribution is 0.0991. The number of hydrogen-bond donors (Lipinski definition) is 0. The number of methoxy groups -OCH3 is 2. The fraction of sp³-hybridized carbons (Fsp3) is 0.250. The lowest BCUT2D eigenvalue weighted by Crippen LogP contribution is -2.07. The number of nitrogens with zero attached hydrogens (tertiary/aromatic N) is 1. The molecule has 2 rings (SSSR count). The molecule has 20 heavy (non-hydrogen) atoms. The SMILES string of the molecule is COc1ccc(C(=O)Cc2ncccc2C)cc1OC. The Hall–Kier alpha value is -2.36. The summed E-state index contributed by atoms with van der Waals surface area (Å²) < 4.78 is 10.4. The van der Waals surface area contributed by atoms with Crippen LogP contribution in [0, 0.1) is 6.92 Å². The molecule has 0 atom stereocenters. The zero-order chi connectivity index (χ0) is 14.5. The molecule has 4 nitrogen and oxygen atoms in total. The molecule has 0 aliphatic heterocycles. The number of aromatic nitrogens is 1. The molecule has 4 heteroatoms. The molecule has 0 unspecified atom stereocenters. The van der Waals surface area contributed by atoms with E-state index in [9.17, 15) is 4.79 Å². The monoisotopic (exact) mass is 271 g/mol. The Morgan fingerprint density at radius 2 is 1.90 bits per heavy atom. The standard InChI is InChI=1S/C16H17NO3/c1-11-5-4-8-17-13(11)10-14(18)12-6-7-15(19-2)16(9-12)20-3/h4-9H,10H2,1-3H3. The van der Waals surface area contributed by atoms with Gasteiger partial charge in [0.25, 0.3) is 0 Å². The van der Waals surface area contributed by atoms with E-state index in [2.05, 4.69) is 4.98 Å². The van der Waals surface area contributed by atoms with Crippen molar-refractivity contribution in [3.63, 3.8) is 0 Å². The fourth-order valence-corrected chi connectivity index (χ4v) is 1.97. The molecule has 0 bridgehead atoms.